The Bertz CT molecular complexity index is 270. The predicted molar refractivity (Wildman–Crippen MR) is 51.7 cm³/mol. The molecule has 0 amide bonds. The predicted octanol–water partition coefficient (Wildman–Crippen LogP) is 1.01. The van der Waals surface area contributed by atoms with Crippen molar-refractivity contribution in [2.45, 2.75) is 19.4 Å². The van der Waals surface area contributed by atoms with E-state index in [1.807, 2.05) is 18.7 Å². The highest BCUT2D eigenvalue weighted by Gasteiger charge is 2.20. The Kier molecular flexibility index (Phi) is 2.85. The molecule has 1 aromatic rings. The maximum absolute atomic E-state index is 5.16. The van der Waals surface area contributed by atoms with Crippen molar-refractivity contribution in [1.82, 2.24) is 15.5 Å². The van der Waals surface area contributed by atoms with Gasteiger partial charge in [0, 0.05) is 24.5 Å². The molecule has 0 aliphatic carbocycles. The van der Waals surface area contributed by atoms with Gasteiger partial charge in [0.1, 0.15) is 0 Å². The molecule has 1 unspecified atom stereocenters. The van der Waals surface area contributed by atoms with Crippen molar-refractivity contribution in [2.75, 3.05) is 18.1 Å². The van der Waals surface area contributed by atoms with Crippen molar-refractivity contribution in [3.05, 3.63) is 11.7 Å². The molecule has 0 saturated carbocycles. The first-order chi connectivity index (χ1) is 6.40. The maximum atomic E-state index is 5.16. The SMILES string of the molecule is CCc1noc(C2CSCCN2)n1. The minimum Gasteiger partial charge on any atom is -0.338 e. The van der Waals surface area contributed by atoms with E-state index in [0.717, 1.165) is 30.4 Å². The van der Waals surface area contributed by atoms with Crippen LogP contribution >= 0.6 is 11.8 Å². The zero-order valence-electron chi connectivity index (χ0n) is 7.62. The fraction of sp³-hybridized carbons (Fsp3) is 0.750. The van der Waals surface area contributed by atoms with Crippen molar-refractivity contribution in [1.29, 1.82) is 0 Å². The van der Waals surface area contributed by atoms with Crippen LogP contribution in [-0.2, 0) is 6.42 Å². The fourth-order valence-electron chi connectivity index (χ4n) is 1.28. The lowest BCUT2D eigenvalue weighted by molar-refractivity contribution is 0.339. The van der Waals surface area contributed by atoms with E-state index in [1.54, 1.807) is 0 Å². The van der Waals surface area contributed by atoms with E-state index in [9.17, 15) is 0 Å². The summed E-state index contributed by atoms with van der Waals surface area (Å²) in [4.78, 5) is 4.30. The van der Waals surface area contributed by atoms with Gasteiger partial charge in [-0.25, -0.2) is 0 Å². The van der Waals surface area contributed by atoms with E-state index in [1.165, 1.54) is 5.75 Å². The molecular weight excluding hydrogens is 186 g/mol. The molecule has 1 N–H and O–H groups in total. The largest absolute Gasteiger partial charge is 0.338 e. The minimum atomic E-state index is 0.256. The lowest BCUT2D eigenvalue weighted by Crippen LogP contribution is -2.30. The molecule has 1 aliphatic heterocycles. The molecule has 0 spiro atoms. The van der Waals surface area contributed by atoms with Crippen LogP contribution in [0.1, 0.15) is 24.7 Å². The van der Waals surface area contributed by atoms with Gasteiger partial charge in [0.05, 0.1) is 6.04 Å². The number of nitrogens with zero attached hydrogens (tertiary/aromatic N) is 2. The fourth-order valence-corrected chi connectivity index (χ4v) is 2.20. The van der Waals surface area contributed by atoms with Gasteiger partial charge in [0.2, 0.25) is 5.89 Å². The van der Waals surface area contributed by atoms with E-state index in [-0.39, 0.29) is 6.04 Å². The first-order valence-corrected chi connectivity index (χ1v) is 5.69. The topological polar surface area (TPSA) is 51.0 Å². The molecule has 1 fully saturated rings. The molecule has 0 radical (unpaired) electrons. The third kappa shape index (κ3) is 2.03. The van der Waals surface area contributed by atoms with E-state index < -0.39 is 0 Å². The van der Waals surface area contributed by atoms with Crippen LogP contribution in [0.25, 0.3) is 0 Å². The Hall–Kier alpha value is -0.550. The second-order valence-electron chi connectivity index (χ2n) is 2.98. The Morgan fingerprint density at radius 2 is 2.62 bits per heavy atom. The highest BCUT2D eigenvalue weighted by Crippen LogP contribution is 2.20. The van der Waals surface area contributed by atoms with Gasteiger partial charge in [-0.3, -0.25) is 0 Å². The average molecular weight is 199 g/mol. The lowest BCUT2D eigenvalue weighted by Gasteiger charge is -2.19. The van der Waals surface area contributed by atoms with E-state index in [4.69, 9.17) is 4.52 Å². The first-order valence-electron chi connectivity index (χ1n) is 4.53. The van der Waals surface area contributed by atoms with Gasteiger partial charge in [0.15, 0.2) is 5.82 Å². The maximum Gasteiger partial charge on any atom is 0.244 e. The molecule has 1 aromatic heterocycles. The van der Waals surface area contributed by atoms with Gasteiger partial charge in [-0.15, -0.1) is 0 Å². The quantitative estimate of drug-likeness (QED) is 0.770. The number of rotatable bonds is 2. The van der Waals surface area contributed by atoms with Gasteiger partial charge in [-0.2, -0.15) is 16.7 Å². The molecule has 0 bridgehead atoms. The summed E-state index contributed by atoms with van der Waals surface area (Å²) in [6.07, 6.45) is 0.837. The standard InChI is InChI=1S/C8H13N3OS/c1-2-7-10-8(12-11-7)6-5-13-4-3-9-6/h6,9H,2-5H2,1H3. The molecule has 72 valence electrons. The number of nitrogens with one attached hydrogen (secondary N) is 1. The third-order valence-electron chi connectivity index (χ3n) is 2.02. The van der Waals surface area contributed by atoms with E-state index in [2.05, 4.69) is 15.5 Å². The van der Waals surface area contributed by atoms with Gasteiger partial charge in [-0.1, -0.05) is 12.1 Å². The molecular formula is C8H13N3OS. The first kappa shape index (κ1) is 9.02. The van der Waals surface area contributed by atoms with Gasteiger partial charge in [-0.05, 0) is 0 Å². The Balaban J connectivity index is 2.05. The monoisotopic (exact) mass is 199 g/mol. The summed E-state index contributed by atoms with van der Waals surface area (Å²) in [7, 11) is 0. The van der Waals surface area contributed by atoms with Crippen molar-refractivity contribution in [3.8, 4) is 0 Å². The molecule has 1 saturated heterocycles. The summed E-state index contributed by atoms with van der Waals surface area (Å²) < 4.78 is 5.16. The molecule has 2 rings (SSSR count). The molecule has 2 heterocycles. The smallest absolute Gasteiger partial charge is 0.244 e. The van der Waals surface area contributed by atoms with Crippen LogP contribution in [0.5, 0.6) is 0 Å². The summed E-state index contributed by atoms with van der Waals surface area (Å²) >= 11 is 1.92. The second-order valence-corrected chi connectivity index (χ2v) is 4.13. The Labute approximate surface area is 81.5 Å². The number of thioether (sulfide) groups is 1. The highest BCUT2D eigenvalue weighted by atomic mass is 32.2. The van der Waals surface area contributed by atoms with Crippen LogP contribution in [0.3, 0.4) is 0 Å². The summed E-state index contributed by atoms with van der Waals surface area (Å²) in [5.41, 5.74) is 0. The zero-order valence-corrected chi connectivity index (χ0v) is 8.43. The van der Waals surface area contributed by atoms with Gasteiger partial charge in [0.25, 0.3) is 0 Å². The molecule has 13 heavy (non-hydrogen) atoms. The summed E-state index contributed by atoms with van der Waals surface area (Å²) in [6.45, 7) is 3.05. The average Bonchev–Trinajstić information content (AvgIpc) is 2.67. The van der Waals surface area contributed by atoms with Crippen molar-refractivity contribution < 1.29 is 4.52 Å². The summed E-state index contributed by atoms with van der Waals surface area (Å²) in [5, 5.41) is 7.23. The van der Waals surface area contributed by atoms with Crippen LogP contribution < -0.4 is 5.32 Å². The summed E-state index contributed by atoms with van der Waals surface area (Å²) in [6, 6.07) is 0.256. The van der Waals surface area contributed by atoms with Crippen LogP contribution in [0.4, 0.5) is 0 Å². The number of aromatic nitrogens is 2. The van der Waals surface area contributed by atoms with Crippen molar-refractivity contribution in [2.24, 2.45) is 0 Å². The van der Waals surface area contributed by atoms with E-state index >= 15 is 0 Å². The van der Waals surface area contributed by atoms with Crippen molar-refractivity contribution >= 4 is 11.8 Å². The second kappa shape index (κ2) is 4.11. The Morgan fingerprint density at radius 1 is 1.69 bits per heavy atom. The normalized spacial score (nSPS) is 23.3. The number of aryl methyl sites for hydroxylation is 1. The van der Waals surface area contributed by atoms with Gasteiger partial charge >= 0.3 is 0 Å². The number of hydrogen-bond donors (Lipinski definition) is 1. The van der Waals surface area contributed by atoms with Gasteiger partial charge < -0.3 is 9.84 Å². The molecule has 1 atom stereocenters. The number of hydrogen-bond acceptors (Lipinski definition) is 5. The van der Waals surface area contributed by atoms with Crippen LogP contribution in [-0.4, -0.2) is 28.2 Å². The van der Waals surface area contributed by atoms with Crippen LogP contribution in [0.15, 0.2) is 4.52 Å². The molecule has 0 aromatic carbocycles. The Morgan fingerprint density at radius 3 is 3.23 bits per heavy atom. The third-order valence-corrected chi connectivity index (χ3v) is 3.08. The lowest BCUT2D eigenvalue weighted by atomic mass is 10.3. The minimum absolute atomic E-state index is 0.256. The van der Waals surface area contributed by atoms with Crippen LogP contribution in [0, 0.1) is 0 Å². The molecule has 4 nitrogen and oxygen atoms in total. The summed E-state index contributed by atoms with van der Waals surface area (Å²) in [5.74, 6) is 3.74. The zero-order chi connectivity index (χ0) is 9.10. The molecule has 1 aliphatic rings. The van der Waals surface area contributed by atoms with Crippen LogP contribution in [0.2, 0.25) is 0 Å². The van der Waals surface area contributed by atoms with Crippen molar-refractivity contribution in [3.63, 3.8) is 0 Å². The molecule has 5 heteroatoms. The van der Waals surface area contributed by atoms with E-state index in [0.29, 0.717) is 0 Å². The highest BCUT2D eigenvalue weighted by molar-refractivity contribution is 7.99.